The van der Waals surface area contributed by atoms with Gasteiger partial charge in [-0.15, -0.1) is 0 Å². The van der Waals surface area contributed by atoms with E-state index in [4.69, 9.17) is 11.0 Å². The van der Waals surface area contributed by atoms with Gasteiger partial charge in [0.2, 0.25) is 5.91 Å². The van der Waals surface area contributed by atoms with E-state index in [1.54, 1.807) is 6.07 Å². The number of alkyl halides is 3. The fourth-order valence-electron chi connectivity index (χ4n) is 1.21. The Labute approximate surface area is 106 Å². The number of nitriles is 1. The molecule has 0 aliphatic rings. The molecule has 0 aliphatic heterocycles. The summed E-state index contributed by atoms with van der Waals surface area (Å²) in [5, 5.41) is 11.1. The van der Waals surface area contributed by atoms with Gasteiger partial charge in [-0.05, 0) is 18.2 Å². The quantitative estimate of drug-likeness (QED) is 0.816. The van der Waals surface area contributed by atoms with Crippen LogP contribution in [0.4, 0.5) is 24.5 Å². The van der Waals surface area contributed by atoms with Gasteiger partial charge in [0.15, 0.2) is 0 Å². The molecule has 1 aromatic carbocycles. The van der Waals surface area contributed by atoms with E-state index >= 15 is 0 Å². The predicted octanol–water partition coefficient (Wildman–Crippen LogP) is 1.66. The maximum absolute atomic E-state index is 11.8. The first-order valence-electron chi connectivity index (χ1n) is 5.06. The Balaban J connectivity index is 2.56. The van der Waals surface area contributed by atoms with E-state index in [9.17, 15) is 18.0 Å². The third kappa shape index (κ3) is 5.27. The van der Waals surface area contributed by atoms with Crippen LogP contribution in [0.25, 0.3) is 0 Å². The molecule has 1 amide bonds. The number of carbonyl (C=O) groups excluding carboxylic acids is 1. The van der Waals surface area contributed by atoms with Crippen molar-refractivity contribution in [2.45, 2.75) is 6.18 Å². The number of amides is 1. The molecule has 5 nitrogen and oxygen atoms in total. The number of carbonyl (C=O) groups is 1. The third-order valence-electron chi connectivity index (χ3n) is 1.94. The number of halogens is 3. The Hall–Kier alpha value is -2.27. The van der Waals surface area contributed by atoms with Crippen LogP contribution < -0.4 is 11.1 Å². The highest BCUT2D eigenvalue weighted by molar-refractivity contribution is 5.93. The summed E-state index contributed by atoms with van der Waals surface area (Å²) in [6, 6.07) is 5.98. The SMILES string of the molecule is N#Cc1cc(N)ccc1NC(=O)COCC(F)(F)F. The Bertz CT molecular complexity index is 509. The van der Waals surface area contributed by atoms with Crippen molar-refractivity contribution in [1.29, 1.82) is 5.26 Å². The number of nitrogens with two attached hydrogens (primary N) is 1. The van der Waals surface area contributed by atoms with Crippen molar-refractivity contribution in [2.75, 3.05) is 24.3 Å². The lowest BCUT2D eigenvalue weighted by Crippen LogP contribution is -2.24. The molecule has 3 N–H and O–H groups in total. The van der Waals surface area contributed by atoms with Crippen LogP contribution in [0.5, 0.6) is 0 Å². The molecule has 1 rings (SSSR count). The molecule has 0 aliphatic carbocycles. The van der Waals surface area contributed by atoms with Crippen molar-refractivity contribution in [3.05, 3.63) is 23.8 Å². The highest BCUT2D eigenvalue weighted by atomic mass is 19.4. The van der Waals surface area contributed by atoms with Gasteiger partial charge in [0.05, 0.1) is 11.3 Å². The Morgan fingerprint density at radius 1 is 1.47 bits per heavy atom. The molecule has 0 atom stereocenters. The van der Waals surface area contributed by atoms with Gasteiger partial charge in [0, 0.05) is 5.69 Å². The average molecular weight is 273 g/mol. The summed E-state index contributed by atoms with van der Waals surface area (Å²) in [4.78, 5) is 11.3. The van der Waals surface area contributed by atoms with E-state index in [1.165, 1.54) is 18.2 Å². The molecular formula is C11H10F3N3O2. The lowest BCUT2D eigenvalue weighted by Gasteiger charge is -2.09. The number of nitrogens with zero attached hydrogens (tertiary/aromatic N) is 1. The zero-order valence-electron chi connectivity index (χ0n) is 9.62. The summed E-state index contributed by atoms with van der Waals surface area (Å²) in [6.07, 6.45) is -4.49. The smallest absolute Gasteiger partial charge is 0.399 e. The molecule has 102 valence electrons. The zero-order valence-corrected chi connectivity index (χ0v) is 9.62. The monoisotopic (exact) mass is 273 g/mol. The van der Waals surface area contributed by atoms with Gasteiger partial charge < -0.3 is 15.8 Å². The van der Waals surface area contributed by atoms with E-state index < -0.39 is 25.3 Å². The second kappa shape index (κ2) is 6.06. The number of anilines is 2. The highest BCUT2D eigenvalue weighted by Gasteiger charge is 2.27. The van der Waals surface area contributed by atoms with Crippen LogP contribution >= 0.6 is 0 Å². The zero-order chi connectivity index (χ0) is 14.5. The minimum atomic E-state index is -4.49. The van der Waals surface area contributed by atoms with Crippen LogP contribution in [0.15, 0.2) is 18.2 Å². The summed E-state index contributed by atoms with van der Waals surface area (Å²) in [5.74, 6) is -0.787. The highest BCUT2D eigenvalue weighted by Crippen LogP contribution is 2.18. The van der Waals surface area contributed by atoms with Crippen LogP contribution in [0.1, 0.15) is 5.56 Å². The molecule has 0 radical (unpaired) electrons. The molecule has 0 unspecified atom stereocenters. The molecule has 0 bridgehead atoms. The number of hydrogen-bond acceptors (Lipinski definition) is 4. The van der Waals surface area contributed by atoms with E-state index in [1.807, 2.05) is 0 Å². The van der Waals surface area contributed by atoms with Crippen LogP contribution in [0, 0.1) is 11.3 Å². The molecule has 0 saturated heterocycles. The molecular weight excluding hydrogens is 263 g/mol. The van der Waals surface area contributed by atoms with E-state index in [-0.39, 0.29) is 11.3 Å². The molecule has 0 heterocycles. The van der Waals surface area contributed by atoms with Gasteiger partial charge in [0.25, 0.3) is 0 Å². The predicted molar refractivity (Wildman–Crippen MR) is 61.1 cm³/mol. The van der Waals surface area contributed by atoms with Crippen molar-refractivity contribution in [1.82, 2.24) is 0 Å². The van der Waals surface area contributed by atoms with E-state index in [0.717, 1.165) is 0 Å². The number of nitrogen functional groups attached to an aromatic ring is 1. The average Bonchev–Trinajstić information content (AvgIpc) is 2.29. The molecule has 0 fully saturated rings. The summed E-state index contributed by atoms with van der Waals surface area (Å²) >= 11 is 0. The van der Waals surface area contributed by atoms with Crippen molar-refractivity contribution < 1.29 is 22.7 Å². The standard InChI is InChI=1S/C11H10F3N3O2/c12-11(13,14)6-19-5-10(18)17-9-2-1-8(16)3-7(9)4-15/h1-3H,5-6,16H2,(H,17,18). The normalized spacial score (nSPS) is 10.8. The fourth-order valence-corrected chi connectivity index (χ4v) is 1.21. The number of rotatable bonds is 4. The lowest BCUT2D eigenvalue weighted by molar-refractivity contribution is -0.174. The van der Waals surface area contributed by atoms with E-state index in [2.05, 4.69) is 10.1 Å². The van der Waals surface area contributed by atoms with Gasteiger partial charge in [-0.1, -0.05) is 0 Å². The second-order valence-electron chi connectivity index (χ2n) is 3.57. The largest absolute Gasteiger partial charge is 0.411 e. The number of nitrogens with one attached hydrogen (secondary N) is 1. The summed E-state index contributed by atoms with van der Waals surface area (Å²) < 4.78 is 39.5. The van der Waals surface area contributed by atoms with Crippen molar-refractivity contribution >= 4 is 17.3 Å². The maximum Gasteiger partial charge on any atom is 0.411 e. The Morgan fingerprint density at radius 3 is 2.74 bits per heavy atom. The van der Waals surface area contributed by atoms with Crippen LogP contribution in [0.3, 0.4) is 0 Å². The molecule has 0 aromatic heterocycles. The van der Waals surface area contributed by atoms with Crippen molar-refractivity contribution in [3.63, 3.8) is 0 Å². The first kappa shape index (κ1) is 14.8. The molecule has 19 heavy (non-hydrogen) atoms. The lowest BCUT2D eigenvalue weighted by atomic mass is 10.1. The van der Waals surface area contributed by atoms with Gasteiger partial charge in [-0.25, -0.2) is 0 Å². The topological polar surface area (TPSA) is 88.1 Å². The maximum atomic E-state index is 11.8. The van der Waals surface area contributed by atoms with Crippen LogP contribution in [-0.2, 0) is 9.53 Å². The number of ether oxygens (including phenoxy) is 1. The molecule has 1 aromatic rings. The second-order valence-corrected chi connectivity index (χ2v) is 3.57. The summed E-state index contributed by atoms with van der Waals surface area (Å²) in [6.45, 7) is -2.26. The Morgan fingerprint density at radius 2 is 2.16 bits per heavy atom. The fraction of sp³-hybridized carbons (Fsp3) is 0.273. The van der Waals surface area contributed by atoms with Gasteiger partial charge in [-0.3, -0.25) is 4.79 Å². The van der Waals surface area contributed by atoms with Crippen LogP contribution in [0.2, 0.25) is 0 Å². The molecule has 0 saturated carbocycles. The van der Waals surface area contributed by atoms with Crippen LogP contribution in [-0.4, -0.2) is 25.3 Å². The molecule has 8 heteroatoms. The van der Waals surface area contributed by atoms with Crippen molar-refractivity contribution in [3.8, 4) is 6.07 Å². The minimum Gasteiger partial charge on any atom is -0.399 e. The van der Waals surface area contributed by atoms with Crippen molar-refractivity contribution in [2.24, 2.45) is 0 Å². The summed E-state index contributed by atoms with van der Waals surface area (Å²) in [7, 11) is 0. The summed E-state index contributed by atoms with van der Waals surface area (Å²) in [5.41, 5.74) is 6.06. The van der Waals surface area contributed by atoms with Gasteiger partial charge in [-0.2, -0.15) is 18.4 Å². The third-order valence-corrected chi connectivity index (χ3v) is 1.94. The minimum absolute atomic E-state index is 0.115. The van der Waals surface area contributed by atoms with E-state index in [0.29, 0.717) is 5.69 Å². The Kier molecular flexibility index (Phi) is 4.72. The first-order valence-corrected chi connectivity index (χ1v) is 5.06. The number of hydrogen-bond donors (Lipinski definition) is 2. The number of benzene rings is 1. The first-order chi connectivity index (χ1) is 8.81. The van der Waals surface area contributed by atoms with Gasteiger partial charge in [0.1, 0.15) is 19.3 Å². The van der Waals surface area contributed by atoms with Gasteiger partial charge >= 0.3 is 6.18 Å². The molecule has 0 spiro atoms.